The molecule has 1 heteroatoms. The van der Waals surface area contributed by atoms with E-state index in [-0.39, 0.29) is 5.54 Å². The summed E-state index contributed by atoms with van der Waals surface area (Å²) in [6.45, 7) is 10.2. The maximum atomic E-state index is 3.73. The van der Waals surface area contributed by atoms with Crippen molar-refractivity contribution in [1.29, 1.82) is 0 Å². The Balaban J connectivity index is 4.19. The Bertz CT molecular complexity index is 145. The van der Waals surface area contributed by atoms with Crippen LogP contribution in [-0.2, 0) is 0 Å². The average Bonchev–Trinajstić information content (AvgIpc) is 1.99. The second-order valence-electron chi connectivity index (χ2n) is 3.26. The van der Waals surface area contributed by atoms with E-state index >= 15 is 0 Å². The molecular formula is C10H19N. The zero-order chi connectivity index (χ0) is 8.91. The maximum absolute atomic E-state index is 3.73. The summed E-state index contributed by atoms with van der Waals surface area (Å²) in [7, 11) is 2.03. The highest BCUT2D eigenvalue weighted by atomic mass is 15.1. The van der Waals surface area contributed by atoms with Crippen LogP contribution in [-0.4, -0.2) is 17.5 Å². The quantitative estimate of drug-likeness (QED) is 0.561. The zero-order valence-corrected chi connectivity index (χ0v) is 8.09. The highest BCUT2D eigenvalue weighted by Crippen LogP contribution is 2.13. The largest absolute Gasteiger partial charge is 0.372 e. The molecular weight excluding hydrogens is 134 g/mol. The lowest BCUT2D eigenvalue weighted by Gasteiger charge is -2.31. The molecule has 0 atom stereocenters. The first-order valence-electron chi connectivity index (χ1n) is 4.07. The molecule has 0 amide bonds. The van der Waals surface area contributed by atoms with Crippen molar-refractivity contribution in [2.45, 2.75) is 32.7 Å². The molecule has 0 aromatic rings. The SMILES string of the molecule is C=CN(C)C(C)(C)/C=C\CC. The molecule has 0 spiro atoms. The summed E-state index contributed by atoms with van der Waals surface area (Å²) in [6.07, 6.45) is 7.32. The molecule has 0 aliphatic rings. The van der Waals surface area contributed by atoms with Gasteiger partial charge in [-0.05, 0) is 26.5 Å². The van der Waals surface area contributed by atoms with Crippen LogP contribution >= 0.6 is 0 Å². The lowest BCUT2D eigenvalue weighted by atomic mass is 10.0. The van der Waals surface area contributed by atoms with Crippen LogP contribution in [0.3, 0.4) is 0 Å². The third-order valence-corrected chi connectivity index (χ3v) is 1.94. The Labute approximate surface area is 70.4 Å². The van der Waals surface area contributed by atoms with Gasteiger partial charge < -0.3 is 4.90 Å². The van der Waals surface area contributed by atoms with Crippen LogP contribution in [0, 0.1) is 0 Å². The molecule has 0 bridgehead atoms. The molecule has 0 aliphatic heterocycles. The van der Waals surface area contributed by atoms with Crippen molar-refractivity contribution < 1.29 is 0 Å². The standard InChI is InChI=1S/C10H19N/c1-6-8-9-10(3,4)11(5)7-2/h7-9H,2,6H2,1,3-5H3/b9-8-. The van der Waals surface area contributed by atoms with E-state index in [0.717, 1.165) is 6.42 Å². The van der Waals surface area contributed by atoms with E-state index in [1.54, 1.807) is 0 Å². The normalized spacial score (nSPS) is 12.0. The first-order valence-corrected chi connectivity index (χ1v) is 4.07. The summed E-state index contributed by atoms with van der Waals surface area (Å²) in [5, 5.41) is 0. The van der Waals surface area contributed by atoms with E-state index in [9.17, 15) is 0 Å². The van der Waals surface area contributed by atoms with Gasteiger partial charge in [-0.1, -0.05) is 25.7 Å². The van der Waals surface area contributed by atoms with E-state index in [1.165, 1.54) is 0 Å². The first kappa shape index (κ1) is 10.3. The summed E-state index contributed by atoms with van der Waals surface area (Å²) in [6, 6.07) is 0. The number of allylic oxidation sites excluding steroid dienone is 1. The Hall–Kier alpha value is -0.720. The smallest absolute Gasteiger partial charge is 0.0519 e. The van der Waals surface area contributed by atoms with Crippen LogP contribution in [0.1, 0.15) is 27.2 Å². The van der Waals surface area contributed by atoms with Crippen LogP contribution in [0.25, 0.3) is 0 Å². The summed E-state index contributed by atoms with van der Waals surface area (Å²) in [5.41, 5.74) is 0.0950. The fourth-order valence-electron chi connectivity index (χ4n) is 0.759. The summed E-state index contributed by atoms with van der Waals surface area (Å²) >= 11 is 0. The first-order chi connectivity index (χ1) is 5.04. The maximum Gasteiger partial charge on any atom is 0.0519 e. The Kier molecular flexibility index (Phi) is 3.94. The van der Waals surface area contributed by atoms with Crippen molar-refractivity contribution in [3.8, 4) is 0 Å². The van der Waals surface area contributed by atoms with Crippen LogP contribution in [0.2, 0.25) is 0 Å². The molecule has 1 nitrogen and oxygen atoms in total. The fourth-order valence-corrected chi connectivity index (χ4v) is 0.759. The third kappa shape index (κ3) is 3.26. The molecule has 0 unspecified atom stereocenters. The van der Waals surface area contributed by atoms with Crippen LogP contribution < -0.4 is 0 Å². The lowest BCUT2D eigenvalue weighted by Crippen LogP contribution is -2.34. The molecule has 0 aromatic heterocycles. The van der Waals surface area contributed by atoms with Crippen molar-refractivity contribution in [2.75, 3.05) is 7.05 Å². The summed E-state index contributed by atoms with van der Waals surface area (Å²) < 4.78 is 0. The van der Waals surface area contributed by atoms with Crippen molar-refractivity contribution >= 4 is 0 Å². The fraction of sp³-hybridized carbons (Fsp3) is 0.600. The Morgan fingerprint density at radius 2 is 2.00 bits per heavy atom. The minimum absolute atomic E-state index is 0.0950. The van der Waals surface area contributed by atoms with Crippen molar-refractivity contribution in [1.82, 2.24) is 4.90 Å². The molecule has 0 fully saturated rings. The van der Waals surface area contributed by atoms with Gasteiger partial charge in [0.2, 0.25) is 0 Å². The van der Waals surface area contributed by atoms with Gasteiger partial charge in [0.1, 0.15) is 0 Å². The molecule has 0 saturated carbocycles. The minimum atomic E-state index is 0.0950. The van der Waals surface area contributed by atoms with Gasteiger partial charge in [-0.15, -0.1) is 0 Å². The van der Waals surface area contributed by atoms with Crippen molar-refractivity contribution in [2.24, 2.45) is 0 Å². The summed E-state index contributed by atoms with van der Waals surface area (Å²) in [5.74, 6) is 0. The number of rotatable bonds is 4. The van der Waals surface area contributed by atoms with Gasteiger partial charge in [-0.2, -0.15) is 0 Å². The molecule has 0 aliphatic carbocycles. The number of likely N-dealkylation sites (N-methyl/N-ethyl adjacent to an activating group) is 1. The third-order valence-electron chi connectivity index (χ3n) is 1.94. The second-order valence-corrected chi connectivity index (χ2v) is 3.26. The molecule has 0 heterocycles. The van der Waals surface area contributed by atoms with E-state index in [4.69, 9.17) is 0 Å². The van der Waals surface area contributed by atoms with Gasteiger partial charge in [0.05, 0.1) is 5.54 Å². The van der Waals surface area contributed by atoms with E-state index < -0.39 is 0 Å². The van der Waals surface area contributed by atoms with E-state index in [0.29, 0.717) is 0 Å². The van der Waals surface area contributed by atoms with Gasteiger partial charge in [0.25, 0.3) is 0 Å². The summed E-state index contributed by atoms with van der Waals surface area (Å²) in [4.78, 5) is 2.10. The van der Waals surface area contributed by atoms with Crippen LogP contribution in [0.15, 0.2) is 24.9 Å². The highest BCUT2D eigenvalue weighted by molar-refractivity contribution is 5.03. The van der Waals surface area contributed by atoms with Crippen molar-refractivity contribution in [3.63, 3.8) is 0 Å². The molecule has 64 valence electrons. The number of hydrogen-bond donors (Lipinski definition) is 0. The molecule has 0 radical (unpaired) electrons. The molecule has 0 N–H and O–H groups in total. The topological polar surface area (TPSA) is 3.24 Å². The van der Waals surface area contributed by atoms with Gasteiger partial charge >= 0.3 is 0 Å². The Morgan fingerprint density at radius 1 is 1.45 bits per heavy atom. The van der Waals surface area contributed by atoms with Gasteiger partial charge in [0, 0.05) is 7.05 Å². The van der Waals surface area contributed by atoms with Crippen molar-refractivity contribution in [3.05, 3.63) is 24.9 Å². The highest BCUT2D eigenvalue weighted by Gasteiger charge is 2.15. The molecule has 0 saturated heterocycles. The average molecular weight is 153 g/mol. The number of hydrogen-bond acceptors (Lipinski definition) is 1. The van der Waals surface area contributed by atoms with Gasteiger partial charge in [0.15, 0.2) is 0 Å². The lowest BCUT2D eigenvalue weighted by molar-refractivity contribution is 0.286. The minimum Gasteiger partial charge on any atom is -0.372 e. The predicted octanol–water partition coefficient (Wildman–Crippen LogP) is 2.81. The Morgan fingerprint density at radius 3 is 2.36 bits per heavy atom. The molecule has 0 aromatic carbocycles. The zero-order valence-electron chi connectivity index (χ0n) is 8.09. The van der Waals surface area contributed by atoms with Crippen LogP contribution in [0.5, 0.6) is 0 Å². The van der Waals surface area contributed by atoms with Gasteiger partial charge in [-0.3, -0.25) is 0 Å². The monoisotopic (exact) mass is 153 g/mol. The van der Waals surface area contributed by atoms with Gasteiger partial charge in [-0.25, -0.2) is 0 Å². The van der Waals surface area contributed by atoms with E-state index in [1.807, 2.05) is 13.2 Å². The predicted molar refractivity (Wildman–Crippen MR) is 51.5 cm³/mol. The van der Waals surface area contributed by atoms with Crippen LogP contribution in [0.4, 0.5) is 0 Å². The second kappa shape index (κ2) is 4.22. The molecule has 11 heavy (non-hydrogen) atoms. The molecule has 0 rings (SSSR count). The van der Waals surface area contributed by atoms with E-state index in [2.05, 4.69) is 44.4 Å². The number of nitrogens with zero attached hydrogens (tertiary/aromatic N) is 1.